The molecule has 0 saturated carbocycles. The van der Waals surface area contributed by atoms with Crippen LogP contribution in [0.15, 0.2) is 36.4 Å². The van der Waals surface area contributed by atoms with Crippen LogP contribution in [0.4, 0.5) is 11.6 Å². The molecule has 2 aromatic rings. The summed E-state index contributed by atoms with van der Waals surface area (Å²) in [6, 6.07) is 12.1. The maximum Gasteiger partial charge on any atom is 0.163 e. The summed E-state index contributed by atoms with van der Waals surface area (Å²) in [5, 5.41) is 3.12. The number of hydrogen-bond donors (Lipinski definition) is 1. The molecular weight excluding hydrogens is 260 g/mol. The average Bonchev–Trinajstić information content (AvgIpc) is 2.55. The Bertz CT molecular complexity index is 554. The maximum absolute atomic E-state index is 4.71. The van der Waals surface area contributed by atoms with Crippen molar-refractivity contribution in [3.05, 3.63) is 36.4 Å². The molecule has 1 heterocycles. The average molecular weight is 284 g/mol. The molecule has 0 aliphatic heterocycles. The van der Waals surface area contributed by atoms with Crippen molar-refractivity contribution in [1.29, 1.82) is 0 Å². The van der Waals surface area contributed by atoms with Crippen molar-refractivity contribution in [2.45, 2.75) is 26.2 Å². The topological polar surface area (TPSA) is 41.0 Å². The summed E-state index contributed by atoms with van der Waals surface area (Å²) in [6.07, 6.45) is 3.67. The van der Waals surface area contributed by atoms with E-state index in [0.717, 1.165) is 29.6 Å². The molecule has 0 fully saturated rings. The van der Waals surface area contributed by atoms with Crippen molar-refractivity contribution in [2.75, 3.05) is 30.9 Å². The van der Waals surface area contributed by atoms with Crippen LogP contribution in [0.2, 0.25) is 0 Å². The van der Waals surface area contributed by atoms with Gasteiger partial charge in [0.1, 0.15) is 11.6 Å². The third-order valence-corrected chi connectivity index (χ3v) is 3.49. The molecule has 112 valence electrons. The lowest BCUT2D eigenvalue weighted by Gasteiger charge is -2.19. The number of benzene rings is 1. The zero-order valence-electron chi connectivity index (χ0n) is 13.1. The van der Waals surface area contributed by atoms with Crippen LogP contribution in [0.25, 0.3) is 11.4 Å². The van der Waals surface area contributed by atoms with Gasteiger partial charge in [0.05, 0.1) is 0 Å². The monoisotopic (exact) mass is 284 g/mol. The first-order valence-corrected chi connectivity index (χ1v) is 7.58. The van der Waals surface area contributed by atoms with Crippen molar-refractivity contribution in [3.63, 3.8) is 0 Å². The third kappa shape index (κ3) is 4.18. The van der Waals surface area contributed by atoms with Crippen LogP contribution >= 0.6 is 0 Å². The minimum absolute atomic E-state index is 0.764. The second-order valence-corrected chi connectivity index (χ2v) is 5.18. The SMILES string of the molecule is CCCCCN(C)c1cc(NC)nc(-c2ccccc2)n1. The van der Waals surface area contributed by atoms with E-state index in [1.54, 1.807) is 0 Å². The molecule has 0 atom stereocenters. The van der Waals surface area contributed by atoms with Gasteiger partial charge in [0.2, 0.25) is 0 Å². The standard InChI is InChI=1S/C17H24N4/c1-4-5-9-12-21(3)16-13-15(18-2)19-17(20-16)14-10-7-6-8-11-14/h6-8,10-11,13H,4-5,9,12H2,1-3H3,(H,18,19,20). The predicted octanol–water partition coefficient (Wildman–Crippen LogP) is 3.81. The molecule has 0 bridgehead atoms. The van der Waals surface area contributed by atoms with Crippen LogP contribution in [-0.2, 0) is 0 Å². The Hall–Kier alpha value is -2.10. The summed E-state index contributed by atoms with van der Waals surface area (Å²) < 4.78 is 0. The summed E-state index contributed by atoms with van der Waals surface area (Å²) in [7, 11) is 3.98. The minimum Gasteiger partial charge on any atom is -0.373 e. The summed E-state index contributed by atoms with van der Waals surface area (Å²) in [5.41, 5.74) is 1.04. The van der Waals surface area contributed by atoms with Gasteiger partial charge in [-0.1, -0.05) is 50.1 Å². The van der Waals surface area contributed by atoms with E-state index in [4.69, 9.17) is 4.98 Å². The highest BCUT2D eigenvalue weighted by Crippen LogP contribution is 2.21. The first-order chi connectivity index (χ1) is 10.2. The molecule has 1 N–H and O–H groups in total. The number of aromatic nitrogens is 2. The summed E-state index contributed by atoms with van der Waals surface area (Å²) in [5.74, 6) is 2.57. The fraction of sp³-hybridized carbons (Fsp3) is 0.412. The highest BCUT2D eigenvalue weighted by Gasteiger charge is 2.09. The zero-order chi connectivity index (χ0) is 15.1. The van der Waals surface area contributed by atoms with Crippen molar-refractivity contribution < 1.29 is 0 Å². The molecule has 21 heavy (non-hydrogen) atoms. The Kier molecular flexibility index (Phi) is 5.55. The fourth-order valence-electron chi connectivity index (χ4n) is 2.19. The van der Waals surface area contributed by atoms with Crippen LogP contribution in [0.3, 0.4) is 0 Å². The van der Waals surface area contributed by atoms with E-state index in [0.29, 0.717) is 0 Å². The molecule has 0 aliphatic rings. The second-order valence-electron chi connectivity index (χ2n) is 5.18. The summed E-state index contributed by atoms with van der Waals surface area (Å²) >= 11 is 0. The summed E-state index contributed by atoms with van der Waals surface area (Å²) in [4.78, 5) is 11.5. The second kappa shape index (κ2) is 7.62. The van der Waals surface area contributed by atoms with Gasteiger partial charge in [-0.15, -0.1) is 0 Å². The Morgan fingerprint density at radius 2 is 1.86 bits per heavy atom. The van der Waals surface area contributed by atoms with Crippen molar-refractivity contribution in [1.82, 2.24) is 9.97 Å². The number of nitrogens with zero attached hydrogens (tertiary/aromatic N) is 3. The highest BCUT2D eigenvalue weighted by atomic mass is 15.2. The predicted molar refractivity (Wildman–Crippen MR) is 89.8 cm³/mol. The number of rotatable bonds is 7. The summed E-state index contributed by atoms with van der Waals surface area (Å²) in [6.45, 7) is 3.24. The Balaban J connectivity index is 2.25. The van der Waals surface area contributed by atoms with E-state index >= 15 is 0 Å². The first kappa shape index (κ1) is 15.3. The van der Waals surface area contributed by atoms with Gasteiger partial charge in [-0.2, -0.15) is 0 Å². The van der Waals surface area contributed by atoms with E-state index in [1.807, 2.05) is 43.4 Å². The Labute approximate surface area is 127 Å². The largest absolute Gasteiger partial charge is 0.373 e. The molecule has 4 nitrogen and oxygen atoms in total. The van der Waals surface area contributed by atoms with Gasteiger partial charge in [-0.3, -0.25) is 0 Å². The molecule has 0 unspecified atom stereocenters. The Morgan fingerprint density at radius 1 is 1.10 bits per heavy atom. The number of unbranched alkanes of at least 4 members (excludes halogenated alkanes) is 2. The molecule has 2 rings (SSSR count). The molecule has 0 spiro atoms. The number of anilines is 2. The molecule has 0 radical (unpaired) electrons. The van der Waals surface area contributed by atoms with Gasteiger partial charge in [0, 0.05) is 32.3 Å². The van der Waals surface area contributed by atoms with Gasteiger partial charge >= 0.3 is 0 Å². The van der Waals surface area contributed by atoms with E-state index in [1.165, 1.54) is 19.3 Å². The molecule has 0 aliphatic carbocycles. The lowest BCUT2D eigenvalue weighted by atomic mass is 10.2. The normalized spacial score (nSPS) is 10.4. The number of hydrogen-bond acceptors (Lipinski definition) is 4. The maximum atomic E-state index is 4.71. The van der Waals surface area contributed by atoms with E-state index in [9.17, 15) is 0 Å². The van der Waals surface area contributed by atoms with Gasteiger partial charge in [-0.05, 0) is 6.42 Å². The lowest BCUT2D eigenvalue weighted by molar-refractivity contribution is 0.701. The molecule has 4 heteroatoms. The van der Waals surface area contributed by atoms with Gasteiger partial charge in [0.15, 0.2) is 5.82 Å². The van der Waals surface area contributed by atoms with E-state index < -0.39 is 0 Å². The molecule has 1 aromatic heterocycles. The van der Waals surface area contributed by atoms with Crippen LogP contribution in [0.5, 0.6) is 0 Å². The molecule has 1 aromatic carbocycles. The zero-order valence-corrected chi connectivity index (χ0v) is 13.1. The molecular formula is C17H24N4. The molecule has 0 saturated heterocycles. The van der Waals surface area contributed by atoms with Crippen molar-refractivity contribution >= 4 is 11.6 Å². The first-order valence-electron chi connectivity index (χ1n) is 7.58. The lowest BCUT2D eigenvalue weighted by Crippen LogP contribution is -2.20. The smallest absolute Gasteiger partial charge is 0.163 e. The van der Waals surface area contributed by atoms with E-state index in [-0.39, 0.29) is 0 Å². The number of nitrogens with one attached hydrogen (secondary N) is 1. The van der Waals surface area contributed by atoms with Gasteiger partial charge < -0.3 is 10.2 Å². The minimum atomic E-state index is 0.764. The van der Waals surface area contributed by atoms with Crippen molar-refractivity contribution in [3.8, 4) is 11.4 Å². The van der Waals surface area contributed by atoms with E-state index in [2.05, 4.69) is 29.2 Å². The van der Waals surface area contributed by atoms with Crippen LogP contribution < -0.4 is 10.2 Å². The van der Waals surface area contributed by atoms with Crippen LogP contribution in [-0.4, -0.2) is 30.6 Å². The van der Waals surface area contributed by atoms with Crippen LogP contribution in [0, 0.1) is 0 Å². The quantitative estimate of drug-likeness (QED) is 0.785. The Morgan fingerprint density at radius 3 is 2.52 bits per heavy atom. The highest BCUT2D eigenvalue weighted by molar-refractivity contribution is 5.61. The van der Waals surface area contributed by atoms with Crippen molar-refractivity contribution in [2.24, 2.45) is 0 Å². The fourth-order valence-corrected chi connectivity index (χ4v) is 2.19. The van der Waals surface area contributed by atoms with Crippen LogP contribution in [0.1, 0.15) is 26.2 Å². The van der Waals surface area contributed by atoms with Gasteiger partial charge in [-0.25, -0.2) is 9.97 Å². The third-order valence-electron chi connectivity index (χ3n) is 3.49. The molecule has 0 amide bonds. The van der Waals surface area contributed by atoms with Gasteiger partial charge in [0.25, 0.3) is 0 Å².